The van der Waals surface area contributed by atoms with E-state index in [2.05, 4.69) is 20.0 Å². The molecule has 2 aromatic rings. The van der Waals surface area contributed by atoms with E-state index in [0.29, 0.717) is 0 Å². The number of carbonyl (C=O) groups excluding carboxylic acids is 1. The molecule has 2 atom stereocenters. The van der Waals surface area contributed by atoms with E-state index in [-0.39, 0.29) is 22.5 Å². The van der Waals surface area contributed by atoms with Crippen molar-refractivity contribution in [2.75, 3.05) is 5.32 Å². The number of hydrogen-bond donors (Lipinski definition) is 2. The lowest BCUT2D eigenvalue weighted by atomic mass is 9.85. The molecule has 7 nitrogen and oxygen atoms in total. The molecule has 1 aliphatic heterocycles. The van der Waals surface area contributed by atoms with E-state index in [1.54, 1.807) is 0 Å². The van der Waals surface area contributed by atoms with Gasteiger partial charge in [0, 0.05) is 18.2 Å². The Kier molecular flexibility index (Phi) is 5.35. The zero-order valence-corrected chi connectivity index (χ0v) is 15.5. The standard InChI is InChI=1S/C19H15F4N5O2/c1-18(7-14(19(21,22)23)30-17(25)28-18)11-3-2-4-12(15(11)20)27-16(29)13-6-5-10(8-24)9-26-13/h2-6,9,14H,7H2,1H3,(H2,25,28)(H,27,29)/t14-,18+/m0/s1. The summed E-state index contributed by atoms with van der Waals surface area (Å²) in [6.07, 6.45) is -6.48. The summed E-state index contributed by atoms with van der Waals surface area (Å²) in [5, 5.41) is 11.1. The van der Waals surface area contributed by atoms with E-state index in [1.165, 1.54) is 43.5 Å². The van der Waals surface area contributed by atoms with Crippen LogP contribution in [0.2, 0.25) is 0 Å². The van der Waals surface area contributed by atoms with Crippen molar-refractivity contribution >= 4 is 17.6 Å². The molecule has 0 unspecified atom stereocenters. The molecule has 3 rings (SSSR count). The third-order valence-corrected chi connectivity index (χ3v) is 4.52. The zero-order valence-electron chi connectivity index (χ0n) is 15.5. The van der Waals surface area contributed by atoms with Crippen molar-refractivity contribution in [1.82, 2.24) is 4.98 Å². The van der Waals surface area contributed by atoms with Crippen molar-refractivity contribution < 1.29 is 27.1 Å². The van der Waals surface area contributed by atoms with E-state index >= 15 is 4.39 Å². The van der Waals surface area contributed by atoms with Crippen molar-refractivity contribution in [1.29, 1.82) is 5.26 Å². The highest BCUT2D eigenvalue weighted by atomic mass is 19.4. The number of alkyl halides is 3. The Morgan fingerprint density at radius 1 is 1.37 bits per heavy atom. The predicted octanol–water partition coefficient (Wildman–Crippen LogP) is 3.23. The molecule has 0 saturated heterocycles. The quantitative estimate of drug-likeness (QED) is 0.739. The fourth-order valence-electron chi connectivity index (χ4n) is 3.04. The number of anilines is 1. The maximum absolute atomic E-state index is 15.1. The number of nitrogens with one attached hydrogen (secondary N) is 1. The van der Waals surface area contributed by atoms with Crippen molar-refractivity contribution in [2.24, 2.45) is 10.7 Å². The summed E-state index contributed by atoms with van der Waals surface area (Å²) >= 11 is 0. The molecule has 156 valence electrons. The SMILES string of the molecule is C[C@]1(c2cccc(NC(=O)c3ccc(C#N)cn3)c2F)C[C@@H](C(F)(F)F)OC(N)=N1. The fourth-order valence-corrected chi connectivity index (χ4v) is 3.04. The lowest BCUT2D eigenvalue weighted by Gasteiger charge is -2.36. The highest BCUT2D eigenvalue weighted by Crippen LogP contribution is 2.41. The maximum Gasteiger partial charge on any atom is 0.425 e. The van der Waals surface area contributed by atoms with Gasteiger partial charge in [-0.05, 0) is 25.1 Å². The van der Waals surface area contributed by atoms with Crippen molar-refractivity contribution in [3.8, 4) is 6.07 Å². The van der Waals surface area contributed by atoms with E-state index in [1.807, 2.05) is 6.07 Å². The Balaban J connectivity index is 1.91. The van der Waals surface area contributed by atoms with Gasteiger partial charge in [-0.25, -0.2) is 14.4 Å². The molecular formula is C19H15F4N5O2. The Morgan fingerprint density at radius 3 is 2.70 bits per heavy atom. The third kappa shape index (κ3) is 4.17. The number of rotatable bonds is 3. The number of nitriles is 1. The molecule has 1 aromatic heterocycles. The first-order chi connectivity index (χ1) is 14.0. The van der Waals surface area contributed by atoms with Gasteiger partial charge >= 0.3 is 6.18 Å². The molecule has 0 bridgehead atoms. The number of aromatic nitrogens is 1. The van der Waals surface area contributed by atoms with E-state index in [9.17, 15) is 18.0 Å². The first-order valence-corrected chi connectivity index (χ1v) is 8.59. The third-order valence-electron chi connectivity index (χ3n) is 4.52. The second-order valence-corrected chi connectivity index (χ2v) is 6.74. The largest absolute Gasteiger partial charge is 0.452 e. The molecule has 3 N–H and O–H groups in total. The van der Waals surface area contributed by atoms with Gasteiger partial charge in [0.2, 0.25) is 0 Å². The maximum atomic E-state index is 15.1. The number of amidine groups is 1. The molecule has 1 amide bonds. The molecule has 1 aliphatic rings. The van der Waals surface area contributed by atoms with Crippen LogP contribution in [0.1, 0.15) is 35.0 Å². The average molecular weight is 421 g/mol. The number of carbonyl (C=O) groups is 1. The first-order valence-electron chi connectivity index (χ1n) is 8.59. The normalized spacial score (nSPS) is 21.2. The Morgan fingerprint density at radius 2 is 2.10 bits per heavy atom. The van der Waals surface area contributed by atoms with Crippen LogP contribution >= 0.6 is 0 Å². The highest BCUT2D eigenvalue weighted by Gasteiger charge is 2.50. The highest BCUT2D eigenvalue weighted by molar-refractivity contribution is 6.03. The van der Waals surface area contributed by atoms with E-state index in [0.717, 1.165) is 0 Å². The van der Waals surface area contributed by atoms with Crippen LogP contribution in [0.25, 0.3) is 0 Å². The predicted molar refractivity (Wildman–Crippen MR) is 97.8 cm³/mol. The minimum Gasteiger partial charge on any atom is -0.452 e. The Labute approximate surface area is 168 Å². The van der Waals surface area contributed by atoms with Gasteiger partial charge in [0.15, 0.2) is 11.9 Å². The van der Waals surface area contributed by atoms with Crippen LogP contribution in [0.4, 0.5) is 23.2 Å². The summed E-state index contributed by atoms with van der Waals surface area (Å²) in [6.45, 7) is 1.30. The van der Waals surface area contributed by atoms with Gasteiger partial charge in [-0.3, -0.25) is 4.79 Å². The lowest BCUT2D eigenvalue weighted by molar-refractivity contribution is -0.208. The van der Waals surface area contributed by atoms with Crippen molar-refractivity contribution in [2.45, 2.75) is 31.2 Å². The van der Waals surface area contributed by atoms with Crippen LogP contribution in [-0.2, 0) is 10.3 Å². The number of ether oxygens (including phenoxy) is 1. The number of nitrogens with zero attached hydrogens (tertiary/aromatic N) is 3. The number of hydrogen-bond acceptors (Lipinski definition) is 6. The average Bonchev–Trinajstić information content (AvgIpc) is 2.68. The summed E-state index contributed by atoms with van der Waals surface area (Å²) in [5.41, 5.74) is 3.45. The smallest absolute Gasteiger partial charge is 0.425 e. The van der Waals surface area contributed by atoms with Gasteiger partial charge in [0.05, 0.1) is 16.8 Å². The van der Waals surface area contributed by atoms with Gasteiger partial charge in [0.1, 0.15) is 11.8 Å². The van der Waals surface area contributed by atoms with Crippen LogP contribution in [-0.4, -0.2) is 29.2 Å². The summed E-state index contributed by atoms with van der Waals surface area (Å²) in [6, 6.07) is 7.68. The molecule has 0 saturated carbocycles. The van der Waals surface area contributed by atoms with Crippen LogP contribution < -0.4 is 11.1 Å². The fraction of sp³-hybridized carbons (Fsp3) is 0.263. The molecule has 1 aromatic carbocycles. The number of amides is 1. The molecular weight excluding hydrogens is 406 g/mol. The summed E-state index contributed by atoms with van der Waals surface area (Å²) in [4.78, 5) is 20.0. The summed E-state index contributed by atoms with van der Waals surface area (Å²) in [5.74, 6) is -1.72. The van der Waals surface area contributed by atoms with Gasteiger partial charge in [0.25, 0.3) is 11.9 Å². The minimum atomic E-state index is -4.72. The summed E-state index contributed by atoms with van der Waals surface area (Å²) in [7, 11) is 0. The molecule has 11 heteroatoms. The number of nitrogens with two attached hydrogens (primary N) is 1. The van der Waals surface area contributed by atoms with Crippen LogP contribution in [0, 0.1) is 17.1 Å². The lowest BCUT2D eigenvalue weighted by Crippen LogP contribution is -2.46. The molecule has 0 radical (unpaired) electrons. The number of benzene rings is 1. The van der Waals surface area contributed by atoms with Gasteiger partial charge in [-0.2, -0.15) is 18.4 Å². The first kappa shape index (κ1) is 21.0. The number of halogens is 4. The Bertz CT molecular complexity index is 1050. The van der Waals surface area contributed by atoms with Crippen LogP contribution in [0.3, 0.4) is 0 Å². The van der Waals surface area contributed by atoms with Crippen LogP contribution in [0.5, 0.6) is 0 Å². The second-order valence-electron chi connectivity index (χ2n) is 6.74. The zero-order chi connectivity index (χ0) is 22.1. The molecule has 0 fully saturated rings. The van der Waals surface area contributed by atoms with E-state index < -0.39 is 42.0 Å². The topological polar surface area (TPSA) is 113 Å². The van der Waals surface area contributed by atoms with Gasteiger partial charge < -0.3 is 15.8 Å². The number of aliphatic imine (C=N–C) groups is 1. The van der Waals surface area contributed by atoms with Crippen LogP contribution in [0.15, 0.2) is 41.5 Å². The molecule has 0 aliphatic carbocycles. The van der Waals surface area contributed by atoms with E-state index in [4.69, 9.17) is 11.0 Å². The monoisotopic (exact) mass is 421 g/mol. The summed E-state index contributed by atoms with van der Waals surface area (Å²) < 4.78 is 59.2. The van der Waals surface area contributed by atoms with Gasteiger partial charge in [-0.1, -0.05) is 12.1 Å². The number of pyridine rings is 1. The molecule has 2 heterocycles. The van der Waals surface area contributed by atoms with Crippen molar-refractivity contribution in [3.63, 3.8) is 0 Å². The minimum absolute atomic E-state index is 0.0736. The molecule has 0 spiro atoms. The second kappa shape index (κ2) is 7.62. The Hall–Kier alpha value is -3.68. The van der Waals surface area contributed by atoms with Crippen molar-refractivity contribution in [3.05, 3.63) is 59.2 Å². The molecule has 30 heavy (non-hydrogen) atoms. The van der Waals surface area contributed by atoms with Gasteiger partial charge in [-0.15, -0.1) is 0 Å².